The van der Waals surface area contributed by atoms with Crippen LogP contribution in [0, 0.1) is 23.2 Å². The van der Waals surface area contributed by atoms with Gasteiger partial charge in [0, 0.05) is 36.7 Å². The normalized spacial score (nSPS) is 19.9. The number of nitriles is 1. The highest BCUT2D eigenvalue weighted by atomic mass is 16.4. The summed E-state index contributed by atoms with van der Waals surface area (Å²) in [6, 6.07) is 17.8. The number of fused-ring (bicyclic) bond motifs is 1. The quantitative estimate of drug-likeness (QED) is 0.395. The maximum atomic E-state index is 12.1. The van der Waals surface area contributed by atoms with Gasteiger partial charge >= 0.3 is 5.97 Å². The zero-order valence-electron chi connectivity index (χ0n) is 20.7. The Bertz CT molecular complexity index is 1490. The van der Waals surface area contributed by atoms with Crippen molar-refractivity contribution in [3.63, 3.8) is 0 Å². The van der Waals surface area contributed by atoms with Crippen LogP contribution in [0.4, 0.5) is 5.82 Å². The van der Waals surface area contributed by atoms with Gasteiger partial charge in [0.2, 0.25) is 0 Å². The smallest absolute Gasteiger partial charge is 0.354 e. The van der Waals surface area contributed by atoms with E-state index in [9.17, 15) is 15.2 Å². The highest BCUT2D eigenvalue weighted by Crippen LogP contribution is 2.45. The minimum Gasteiger partial charge on any atom is -0.477 e. The van der Waals surface area contributed by atoms with Gasteiger partial charge in [-0.25, -0.2) is 19.4 Å². The number of carbonyl (C=O) groups is 1. The number of carboxylic acids is 1. The van der Waals surface area contributed by atoms with Gasteiger partial charge in [0.25, 0.3) is 0 Å². The first kappa shape index (κ1) is 23.2. The Balaban J connectivity index is 1.48. The molecule has 4 heterocycles. The molecule has 1 saturated heterocycles. The van der Waals surface area contributed by atoms with Crippen molar-refractivity contribution in [1.29, 1.82) is 5.26 Å². The van der Waals surface area contributed by atoms with E-state index in [0.29, 0.717) is 17.5 Å². The Kier molecular flexibility index (Phi) is 5.84. The van der Waals surface area contributed by atoms with Gasteiger partial charge in [0.15, 0.2) is 11.3 Å². The lowest BCUT2D eigenvalue weighted by molar-refractivity contribution is 0.0691. The molecule has 1 aliphatic heterocycles. The van der Waals surface area contributed by atoms with Crippen LogP contribution in [0.15, 0.2) is 54.7 Å². The molecule has 2 aliphatic rings. The first-order chi connectivity index (χ1) is 18.0. The number of pyridine rings is 2. The molecule has 1 aliphatic carbocycles. The highest BCUT2D eigenvalue weighted by molar-refractivity contribution is 6.00. The number of aromatic carboxylic acids is 1. The number of rotatable bonds is 5. The summed E-state index contributed by atoms with van der Waals surface area (Å²) in [7, 11) is 0. The Morgan fingerprint density at radius 1 is 1.11 bits per heavy atom. The predicted octanol–water partition coefficient (Wildman–Crippen LogP) is 5.43. The van der Waals surface area contributed by atoms with Crippen LogP contribution >= 0.6 is 0 Å². The van der Waals surface area contributed by atoms with Crippen molar-refractivity contribution in [1.82, 2.24) is 19.7 Å². The second-order valence-corrected chi connectivity index (χ2v) is 10.3. The zero-order valence-corrected chi connectivity index (χ0v) is 20.7. The predicted molar refractivity (Wildman–Crippen MR) is 141 cm³/mol. The molecule has 186 valence electrons. The molecule has 1 saturated carbocycles. The van der Waals surface area contributed by atoms with E-state index in [1.807, 2.05) is 48.7 Å². The van der Waals surface area contributed by atoms with E-state index >= 15 is 0 Å². The number of piperidine rings is 1. The van der Waals surface area contributed by atoms with E-state index in [2.05, 4.69) is 22.9 Å². The van der Waals surface area contributed by atoms with Gasteiger partial charge in [-0.2, -0.15) is 10.4 Å². The Morgan fingerprint density at radius 2 is 1.86 bits per heavy atom. The molecule has 6 rings (SSSR count). The molecule has 1 N–H and O–H groups in total. The Morgan fingerprint density at radius 3 is 2.49 bits per heavy atom. The van der Waals surface area contributed by atoms with Gasteiger partial charge < -0.3 is 10.0 Å². The third kappa shape index (κ3) is 4.20. The fourth-order valence-corrected chi connectivity index (χ4v) is 5.61. The summed E-state index contributed by atoms with van der Waals surface area (Å²) in [4.78, 5) is 23.6. The maximum absolute atomic E-state index is 12.1. The van der Waals surface area contributed by atoms with Crippen molar-refractivity contribution in [2.75, 3.05) is 18.0 Å². The van der Waals surface area contributed by atoms with Crippen LogP contribution in [0.25, 0.3) is 27.8 Å². The monoisotopic (exact) mass is 492 g/mol. The summed E-state index contributed by atoms with van der Waals surface area (Å²) >= 11 is 0. The fraction of sp³-hybridized carbons (Fsp3) is 0.345. The van der Waals surface area contributed by atoms with Crippen LogP contribution < -0.4 is 4.90 Å². The molecule has 0 spiro atoms. The van der Waals surface area contributed by atoms with Gasteiger partial charge in [-0.15, -0.1) is 0 Å². The van der Waals surface area contributed by atoms with Gasteiger partial charge in [0.1, 0.15) is 5.82 Å². The second-order valence-electron chi connectivity index (χ2n) is 10.3. The summed E-state index contributed by atoms with van der Waals surface area (Å²) < 4.78 is 1.78. The van der Waals surface area contributed by atoms with Crippen LogP contribution in [-0.4, -0.2) is 43.9 Å². The molecule has 0 atom stereocenters. The third-order valence-electron chi connectivity index (χ3n) is 7.71. The van der Waals surface area contributed by atoms with E-state index in [1.54, 1.807) is 10.7 Å². The topological polar surface area (TPSA) is 108 Å². The SMILES string of the molecule is C[C@H]1C[C@H](c2nn(-c3ccccc3)c3nc(C(=O)O)cc(-c4ccc(N5CCC(C#N)CC5)nc4)c32)C1. The van der Waals surface area contributed by atoms with Crippen molar-refractivity contribution < 1.29 is 9.90 Å². The third-order valence-corrected chi connectivity index (χ3v) is 7.71. The molecule has 8 nitrogen and oxygen atoms in total. The van der Waals surface area contributed by atoms with Gasteiger partial charge in [0.05, 0.1) is 22.8 Å². The minimum absolute atomic E-state index is 0.0178. The van der Waals surface area contributed by atoms with Crippen molar-refractivity contribution >= 4 is 22.8 Å². The first-order valence-corrected chi connectivity index (χ1v) is 12.8. The molecule has 0 unspecified atom stereocenters. The molecule has 37 heavy (non-hydrogen) atoms. The average molecular weight is 493 g/mol. The van der Waals surface area contributed by atoms with Crippen molar-refractivity contribution in [3.8, 4) is 22.9 Å². The number of aromatic nitrogens is 4. The lowest BCUT2D eigenvalue weighted by Gasteiger charge is -2.31. The van der Waals surface area contributed by atoms with Gasteiger partial charge in [-0.1, -0.05) is 25.1 Å². The van der Waals surface area contributed by atoms with Crippen molar-refractivity contribution in [2.24, 2.45) is 11.8 Å². The molecular formula is C29H28N6O2. The molecular weight excluding hydrogens is 464 g/mol. The van der Waals surface area contributed by atoms with E-state index < -0.39 is 5.97 Å². The molecule has 0 bridgehead atoms. The van der Waals surface area contributed by atoms with Crippen LogP contribution in [0.3, 0.4) is 0 Å². The van der Waals surface area contributed by atoms with Crippen LogP contribution in [0.5, 0.6) is 0 Å². The summed E-state index contributed by atoms with van der Waals surface area (Å²) in [6.45, 7) is 3.86. The molecule has 8 heteroatoms. The summed E-state index contributed by atoms with van der Waals surface area (Å²) in [5, 5.41) is 25.0. The van der Waals surface area contributed by atoms with Gasteiger partial charge in [-0.05, 0) is 67.5 Å². The maximum Gasteiger partial charge on any atom is 0.354 e. The van der Waals surface area contributed by atoms with Crippen LogP contribution in [0.1, 0.15) is 54.7 Å². The molecule has 4 aromatic rings. The first-order valence-electron chi connectivity index (χ1n) is 12.8. The Hall–Kier alpha value is -4.25. The molecule has 1 aromatic carbocycles. The number of para-hydroxylation sites is 1. The zero-order chi connectivity index (χ0) is 25.5. The van der Waals surface area contributed by atoms with E-state index in [-0.39, 0.29) is 11.6 Å². The average Bonchev–Trinajstić information content (AvgIpc) is 3.30. The van der Waals surface area contributed by atoms with Gasteiger partial charge in [-0.3, -0.25) is 0 Å². The summed E-state index contributed by atoms with van der Waals surface area (Å²) in [5.41, 5.74) is 3.99. The highest BCUT2D eigenvalue weighted by Gasteiger charge is 2.33. The number of anilines is 1. The van der Waals surface area contributed by atoms with Crippen molar-refractivity contribution in [2.45, 2.75) is 38.5 Å². The number of hydrogen-bond acceptors (Lipinski definition) is 6. The largest absolute Gasteiger partial charge is 0.477 e. The fourth-order valence-electron chi connectivity index (χ4n) is 5.61. The summed E-state index contributed by atoms with van der Waals surface area (Å²) in [6.07, 6.45) is 5.61. The van der Waals surface area contributed by atoms with Crippen LogP contribution in [-0.2, 0) is 0 Å². The van der Waals surface area contributed by atoms with E-state index in [4.69, 9.17) is 10.1 Å². The number of benzene rings is 1. The second kappa shape index (κ2) is 9.32. The number of nitrogens with zero attached hydrogens (tertiary/aromatic N) is 6. The van der Waals surface area contributed by atoms with E-state index in [1.165, 1.54) is 0 Å². The Labute approximate surface area is 215 Å². The minimum atomic E-state index is -1.08. The molecule has 0 amide bonds. The number of hydrogen-bond donors (Lipinski definition) is 1. The molecule has 2 fully saturated rings. The van der Waals surface area contributed by atoms with E-state index in [0.717, 1.165) is 72.5 Å². The summed E-state index contributed by atoms with van der Waals surface area (Å²) in [5.74, 6) is 0.864. The number of carboxylic acid groups (broad SMARTS) is 1. The van der Waals surface area contributed by atoms with Crippen molar-refractivity contribution in [3.05, 3.63) is 66.1 Å². The molecule has 3 aromatic heterocycles. The lowest BCUT2D eigenvalue weighted by Crippen LogP contribution is -2.33. The molecule has 0 radical (unpaired) electrons. The standard InChI is InChI=1S/C29H28N6O2/c1-18-13-21(14-18)27-26-23(20-7-8-25(31-17-20)34-11-9-19(16-30)10-12-34)15-24(29(36)37)32-28(26)35(33-27)22-5-3-2-4-6-22/h2-8,15,17-19,21H,9-14H2,1H3,(H,36,37)/t18-,21-. The van der Waals surface area contributed by atoms with Crippen LogP contribution in [0.2, 0.25) is 0 Å². The lowest BCUT2D eigenvalue weighted by atomic mass is 9.73.